The number of halogens is 1. The molecule has 0 aliphatic carbocycles. The molecule has 1 rings (SSSR count). The first-order valence-electron chi connectivity index (χ1n) is 7.55. The van der Waals surface area contributed by atoms with Gasteiger partial charge in [-0.1, -0.05) is 32.4 Å². The van der Waals surface area contributed by atoms with Gasteiger partial charge < -0.3 is 10.1 Å². The minimum Gasteiger partial charge on any atom is -0.492 e. The summed E-state index contributed by atoms with van der Waals surface area (Å²) in [5, 5.41) is 3.55. The fraction of sp³-hybridized carbons (Fsp3) is 0.588. The molecule has 0 aliphatic rings. The zero-order valence-corrected chi connectivity index (χ0v) is 14.9. The maximum atomic E-state index is 11.9. The summed E-state index contributed by atoms with van der Waals surface area (Å²) in [6, 6.07) is 7.49. The molecule has 4 nitrogen and oxygen atoms in total. The van der Waals surface area contributed by atoms with Crippen molar-refractivity contribution >= 4 is 17.5 Å². The standard InChI is InChI=1S/C17H27ClN2O2/c1-13(17(2,3)4)20(5)12-16(21)19-10-11-22-15-8-6-14(18)7-9-15/h6-9,13H,10-12H2,1-5H3,(H,19,21). The third kappa shape index (κ3) is 6.67. The predicted molar refractivity (Wildman–Crippen MR) is 91.5 cm³/mol. The van der Waals surface area contributed by atoms with Crippen molar-refractivity contribution in [3.05, 3.63) is 29.3 Å². The van der Waals surface area contributed by atoms with E-state index in [4.69, 9.17) is 16.3 Å². The van der Waals surface area contributed by atoms with Gasteiger partial charge in [-0.05, 0) is 43.7 Å². The molecule has 1 amide bonds. The summed E-state index contributed by atoms with van der Waals surface area (Å²) in [5.74, 6) is 0.760. The second-order valence-corrected chi connectivity index (χ2v) is 7.05. The average molecular weight is 327 g/mol. The Morgan fingerprint density at radius 1 is 1.32 bits per heavy atom. The van der Waals surface area contributed by atoms with Crippen LogP contribution in [0.5, 0.6) is 5.75 Å². The molecule has 22 heavy (non-hydrogen) atoms. The molecule has 0 radical (unpaired) electrons. The largest absolute Gasteiger partial charge is 0.492 e. The van der Waals surface area contributed by atoms with E-state index < -0.39 is 0 Å². The van der Waals surface area contributed by atoms with E-state index in [1.54, 1.807) is 12.1 Å². The lowest BCUT2D eigenvalue weighted by Crippen LogP contribution is -2.45. The lowest BCUT2D eigenvalue weighted by atomic mass is 9.87. The molecule has 0 aliphatic heterocycles. The van der Waals surface area contributed by atoms with E-state index >= 15 is 0 Å². The lowest BCUT2D eigenvalue weighted by molar-refractivity contribution is -0.122. The number of carbonyl (C=O) groups excluding carboxylic acids is 1. The first kappa shape index (κ1) is 18.8. The van der Waals surface area contributed by atoms with Crippen molar-refractivity contribution in [2.75, 3.05) is 26.7 Å². The first-order valence-corrected chi connectivity index (χ1v) is 7.93. The molecular formula is C17H27ClN2O2. The summed E-state index contributed by atoms with van der Waals surface area (Å²) in [5.41, 5.74) is 0.146. The number of amides is 1. The zero-order chi connectivity index (χ0) is 16.8. The molecule has 1 aromatic rings. The van der Waals surface area contributed by atoms with Crippen LogP contribution in [-0.2, 0) is 4.79 Å². The summed E-state index contributed by atoms with van der Waals surface area (Å²) >= 11 is 5.80. The van der Waals surface area contributed by atoms with E-state index in [0.29, 0.717) is 30.8 Å². The van der Waals surface area contributed by atoms with E-state index in [9.17, 15) is 4.79 Å². The van der Waals surface area contributed by atoms with Crippen LogP contribution in [0, 0.1) is 5.41 Å². The van der Waals surface area contributed by atoms with E-state index in [-0.39, 0.29) is 11.3 Å². The highest BCUT2D eigenvalue weighted by Gasteiger charge is 2.24. The number of hydrogen-bond acceptors (Lipinski definition) is 3. The topological polar surface area (TPSA) is 41.6 Å². The Labute approximate surface area is 138 Å². The minimum absolute atomic E-state index is 0.0123. The normalized spacial score (nSPS) is 13.0. The summed E-state index contributed by atoms with van der Waals surface area (Å²) in [6.45, 7) is 9.96. The number of ether oxygens (including phenoxy) is 1. The molecule has 0 saturated carbocycles. The second-order valence-electron chi connectivity index (χ2n) is 6.61. The van der Waals surface area contributed by atoms with Gasteiger partial charge in [0, 0.05) is 11.1 Å². The number of benzene rings is 1. The minimum atomic E-state index is 0.0123. The van der Waals surface area contributed by atoms with E-state index in [1.165, 1.54) is 0 Å². The van der Waals surface area contributed by atoms with Gasteiger partial charge in [0.1, 0.15) is 12.4 Å². The van der Waals surface area contributed by atoms with Crippen molar-refractivity contribution in [2.24, 2.45) is 5.41 Å². The van der Waals surface area contributed by atoms with Crippen molar-refractivity contribution in [1.82, 2.24) is 10.2 Å². The molecule has 1 unspecified atom stereocenters. The first-order chi connectivity index (χ1) is 10.2. The van der Waals surface area contributed by atoms with Gasteiger partial charge in [0.15, 0.2) is 0 Å². The lowest BCUT2D eigenvalue weighted by Gasteiger charge is -2.34. The Hall–Kier alpha value is -1.26. The second kappa shape index (κ2) is 8.39. The van der Waals surface area contributed by atoms with Gasteiger partial charge in [0.05, 0.1) is 13.1 Å². The predicted octanol–water partition coefficient (Wildman–Crippen LogP) is 3.20. The van der Waals surface area contributed by atoms with Crippen LogP contribution in [0.3, 0.4) is 0 Å². The summed E-state index contributed by atoms with van der Waals surface area (Å²) in [6.07, 6.45) is 0. The van der Waals surface area contributed by atoms with Gasteiger partial charge in [-0.15, -0.1) is 0 Å². The molecule has 0 heterocycles. The molecule has 5 heteroatoms. The van der Waals surface area contributed by atoms with Gasteiger partial charge in [-0.25, -0.2) is 0 Å². The van der Waals surface area contributed by atoms with Gasteiger partial charge in [-0.2, -0.15) is 0 Å². The highest BCUT2D eigenvalue weighted by molar-refractivity contribution is 6.30. The Bertz CT molecular complexity index is 469. The van der Waals surface area contributed by atoms with E-state index in [2.05, 4.69) is 37.9 Å². The molecule has 0 spiro atoms. The molecule has 0 fully saturated rings. The Morgan fingerprint density at radius 2 is 1.91 bits per heavy atom. The summed E-state index contributed by atoms with van der Waals surface area (Å²) in [4.78, 5) is 14.0. The van der Waals surface area contributed by atoms with Crippen LogP contribution >= 0.6 is 11.6 Å². The SMILES string of the molecule is CC(N(C)CC(=O)NCCOc1ccc(Cl)cc1)C(C)(C)C. The third-order valence-corrected chi connectivity index (χ3v) is 4.07. The highest BCUT2D eigenvalue weighted by Crippen LogP contribution is 2.22. The number of nitrogens with zero attached hydrogens (tertiary/aromatic N) is 1. The molecular weight excluding hydrogens is 300 g/mol. The number of rotatable bonds is 7. The number of carbonyl (C=O) groups is 1. The molecule has 0 saturated heterocycles. The Morgan fingerprint density at radius 3 is 2.45 bits per heavy atom. The van der Waals surface area contributed by atoms with Crippen molar-refractivity contribution in [3.63, 3.8) is 0 Å². The molecule has 1 atom stereocenters. The Balaban J connectivity index is 2.24. The van der Waals surface area contributed by atoms with E-state index in [1.807, 2.05) is 19.2 Å². The van der Waals surface area contributed by atoms with Gasteiger partial charge in [0.2, 0.25) is 5.91 Å². The van der Waals surface area contributed by atoms with E-state index in [0.717, 1.165) is 5.75 Å². The monoisotopic (exact) mass is 326 g/mol. The zero-order valence-electron chi connectivity index (χ0n) is 14.1. The molecule has 124 valence electrons. The van der Waals surface area contributed by atoms with Gasteiger partial charge in [0.25, 0.3) is 0 Å². The van der Waals surface area contributed by atoms with Gasteiger partial charge in [-0.3, -0.25) is 9.69 Å². The van der Waals surface area contributed by atoms with Crippen LogP contribution in [0.4, 0.5) is 0 Å². The van der Waals surface area contributed by atoms with Crippen LogP contribution in [0.2, 0.25) is 5.02 Å². The van der Waals surface area contributed by atoms with Crippen molar-refractivity contribution in [3.8, 4) is 5.75 Å². The number of hydrogen-bond donors (Lipinski definition) is 1. The summed E-state index contributed by atoms with van der Waals surface area (Å²) in [7, 11) is 1.97. The van der Waals surface area contributed by atoms with Crippen LogP contribution in [0.15, 0.2) is 24.3 Å². The number of likely N-dealkylation sites (N-methyl/N-ethyl adjacent to an activating group) is 1. The molecule has 0 bridgehead atoms. The van der Waals surface area contributed by atoms with Crippen LogP contribution < -0.4 is 10.1 Å². The summed E-state index contributed by atoms with van der Waals surface area (Å²) < 4.78 is 5.53. The molecule has 0 aromatic heterocycles. The Kier molecular flexibility index (Phi) is 7.17. The van der Waals surface area contributed by atoms with Crippen LogP contribution in [0.1, 0.15) is 27.7 Å². The number of nitrogens with one attached hydrogen (secondary N) is 1. The highest BCUT2D eigenvalue weighted by atomic mass is 35.5. The maximum absolute atomic E-state index is 11.9. The van der Waals surface area contributed by atoms with Crippen molar-refractivity contribution in [2.45, 2.75) is 33.7 Å². The maximum Gasteiger partial charge on any atom is 0.234 e. The average Bonchev–Trinajstić information content (AvgIpc) is 2.43. The fourth-order valence-corrected chi connectivity index (χ4v) is 2.10. The smallest absolute Gasteiger partial charge is 0.234 e. The quantitative estimate of drug-likeness (QED) is 0.782. The van der Waals surface area contributed by atoms with Crippen LogP contribution in [-0.4, -0.2) is 43.6 Å². The fourth-order valence-electron chi connectivity index (χ4n) is 1.97. The third-order valence-electron chi connectivity index (χ3n) is 3.81. The van der Waals surface area contributed by atoms with Gasteiger partial charge >= 0.3 is 0 Å². The van der Waals surface area contributed by atoms with Crippen molar-refractivity contribution < 1.29 is 9.53 Å². The molecule has 1 N–H and O–H groups in total. The molecule has 1 aromatic carbocycles. The van der Waals surface area contributed by atoms with Crippen molar-refractivity contribution in [1.29, 1.82) is 0 Å². The van der Waals surface area contributed by atoms with Crippen LogP contribution in [0.25, 0.3) is 0 Å².